The minimum absolute atomic E-state index is 0. The Bertz CT molecular complexity index is 488. The highest BCUT2D eigenvalue weighted by molar-refractivity contribution is 5.85. The summed E-state index contributed by atoms with van der Waals surface area (Å²) in [7, 11) is 1.62. The average Bonchev–Trinajstić information content (AvgIpc) is 2.85. The summed E-state index contributed by atoms with van der Waals surface area (Å²) in [5.74, 6) is 1.84. The van der Waals surface area contributed by atoms with Gasteiger partial charge >= 0.3 is 0 Å². The van der Waals surface area contributed by atoms with E-state index in [-0.39, 0.29) is 12.4 Å². The number of hydrogen-bond acceptors (Lipinski definition) is 5. The van der Waals surface area contributed by atoms with Crippen molar-refractivity contribution in [3.05, 3.63) is 30.3 Å². The van der Waals surface area contributed by atoms with Gasteiger partial charge in [0.15, 0.2) is 5.76 Å². The molecular formula is C12H15ClN2O3. The van der Waals surface area contributed by atoms with Crippen molar-refractivity contribution >= 4 is 12.4 Å². The van der Waals surface area contributed by atoms with Crippen LogP contribution < -0.4 is 15.2 Å². The molecule has 0 aliphatic rings. The molecule has 0 bridgehead atoms. The molecule has 0 radical (unpaired) electrons. The van der Waals surface area contributed by atoms with E-state index in [9.17, 15) is 0 Å². The fraction of sp³-hybridized carbons (Fsp3) is 0.250. The molecule has 0 amide bonds. The summed E-state index contributed by atoms with van der Waals surface area (Å²) in [6, 6.07) is 9.26. The average molecular weight is 271 g/mol. The predicted octanol–water partition coefficient (Wildman–Crippen LogP) is 2.11. The summed E-state index contributed by atoms with van der Waals surface area (Å²) in [5, 5.41) is 3.79. The zero-order valence-electron chi connectivity index (χ0n) is 9.96. The van der Waals surface area contributed by atoms with Crippen molar-refractivity contribution in [2.45, 2.75) is 0 Å². The first-order valence-corrected chi connectivity index (χ1v) is 5.27. The summed E-state index contributed by atoms with van der Waals surface area (Å²) in [6.45, 7) is 0.867. The first-order chi connectivity index (χ1) is 8.33. The molecule has 0 atom stereocenters. The molecule has 0 saturated carbocycles. The molecule has 0 spiro atoms. The number of halogens is 1. The Kier molecular flexibility index (Phi) is 5.48. The maximum Gasteiger partial charge on any atom is 0.254 e. The van der Waals surface area contributed by atoms with Crippen LogP contribution in [0.4, 0.5) is 0 Å². The number of ether oxygens (including phenoxy) is 2. The van der Waals surface area contributed by atoms with Crippen molar-refractivity contribution in [1.82, 2.24) is 5.16 Å². The van der Waals surface area contributed by atoms with E-state index >= 15 is 0 Å². The second kappa shape index (κ2) is 6.88. The van der Waals surface area contributed by atoms with Crippen LogP contribution in [0.25, 0.3) is 11.3 Å². The van der Waals surface area contributed by atoms with Crippen LogP contribution in [0.1, 0.15) is 0 Å². The van der Waals surface area contributed by atoms with Gasteiger partial charge in [0.25, 0.3) is 5.88 Å². The molecule has 2 aromatic rings. The molecule has 1 aromatic carbocycles. The third kappa shape index (κ3) is 3.38. The van der Waals surface area contributed by atoms with Crippen LogP contribution >= 0.6 is 12.4 Å². The molecule has 0 fully saturated rings. The van der Waals surface area contributed by atoms with Crippen LogP contribution in [0.3, 0.4) is 0 Å². The van der Waals surface area contributed by atoms with E-state index in [4.69, 9.17) is 19.7 Å². The van der Waals surface area contributed by atoms with E-state index in [1.807, 2.05) is 24.3 Å². The highest BCUT2D eigenvalue weighted by Crippen LogP contribution is 2.26. The van der Waals surface area contributed by atoms with E-state index in [1.54, 1.807) is 13.2 Å². The maximum absolute atomic E-state index is 5.33. The minimum Gasteiger partial charge on any atom is -0.497 e. The minimum atomic E-state index is 0. The van der Waals surface area contributed by atoms with Gasteiger partial charge in [0.05, 0.1) is 7.11 Å². The van der Waals surface area contributed by atoms with Crippen LogP contribution in [-0.2, 0) is 0 Å². The van der Waals surface area contributed by atoms with Crippen molar-refractivity contribution in [3.63, 3.8) is 0 Å². The molecule has 1 heterocycles. The van der Waals surface area contributed by atoms with E-state index in [0.717, 1.165) is 11.3 Å². The van der Waals surface area contributed by atoms with Gasteiger partial charge in [-0.1, -0.05) is 12.1 Å². The van der Waals surface area contributed by atoms with Crippen molar-refractivity contribution < 1.29 is 14.0 Å². The third-order valence-electron chi connectivity index (χ3n) is 2.21. The van der Waals surface area contributed by atoms with Crippen molar-refractivity contribution in [2.24, 2.45) is 5.73 Å². The lowest BCUT2D eigenvalue weighted by Crippen LogP contribution is -2.10. The quantitative estimate of drug-likeness (QED) is 0.901. The highest BCUT2D eigenvalue weighted by atomic mass is 35.5. The summed E-state index contributed by atoms with van der Waals surface area (Å²) >= 11 is 0. The van der Waals surface area contributed by atoms with Gasteiger partial charge in [-0.15, -0.1) is 12.4 Å². The monoisotopic (exact) mass is 270 g/mol. The van der Waals surface area contributed by atoms with E-state index in [0.29, 0.717) is 24.8 Å². The Hall–Kier alpha value is -1.72. The second-order valence-corrected chi connectivity index (χ2v) is 3.40. The molecule has 18 heavy (non-hydrogen) atoms. The van der Waals surface area contributed by atoms with Gasteiger partial charge in [0.2, 0.25) is 0 Å². The van der Waals surface area contributed by atoms with Gasteiger partial charge in [-0.3, -0.25) is 0 Å². The van der Waals surface area contributed by atoms with E-state index in [1.165, 1.54) is 0 Å². The van der Waals surface area contributed by atoms with E-state index in [2.05, 4.69) is 5.16 Å². The molecule has 0 saturated heterocycles. The molecule has 0 aliphatic carbocycles. The first kappa shape index (κ1) is 14.3. The van der Waals surface area contributed by atoms with Gasteiger partial charge in [0.1, 0.15) is 12.4 Å². The molecule has 1 aromatic heterocycles. The van der Waals surface area contributed by atoms with Gasteiger partial charge in [-0.05, 0) is 17.3 Å². The largest absolute Gasteiger partial charge is 0.497 e. The van der Waals surface area contributed by atoms with Gasteiger partial charge in [-0.25, -0.2) is 0 Å². The maximum atomic E-state index is 5.33. The van der Waals surface area contributed by atoms with Gasteiger partial charge in [0, 0.05) is 18.2 Å². The number of rotatable bonds is 5. The molecule has 2 N–H and O–H groups in total. The molecule has 2 rings (SSSR count). The van der Waals surface area contributed by atoms with Gasteiger partial charge in [-0.2, -0.15) is 0 Å². The normalized spacial score (nSPS) is 9.67. The zero-order valence-corrected chi connectivity index (χ0v) is 10.8. The standard InChI is InChI=1S/C12H14N2O3.ClH/c1-15-10-4-2-3-9(7-10)11-8-12(14-17-11)16-6-5-13;/h2-4,7-8H,5-6,13H2,1H3;1H. The van der Waals surface area contributed by atoms with Crippen LogP contribution in [-0.4, -0.2) is 25.4 Å². The second-order valence-electron chi connectivity index (χ2n) is 3.40. The lowest BCUT2D eigenvalue weighted by atomic mass is 10.1. The lowest BCUT2D eigenvalue weighted by molar-refractivity contribution is 0.288. The topological polar surface area (TPSA) is 70.5 Å². The molecule has 5 nitrogen and oxygen atoms in total. The van der Waals surface area contributed by atoms with Gasteiger partial charge < -0.3 is 19.7 Å². The number of nitrogens with zero attached hydrogens (tertiary/aromatic N) is 1. The van der Waals surface area contributed by atoms with Crippen LogP contribution in [0.5, 0.6) is 11.6 Å². The van der Waals surface area contributed by atoms with Crippen LogP contribution in [0.2, 0.25) is 0 Å². The van der Waals surface area contributed by atoms with Crippen LogP contribution in [0, 0.1) is 0 Å². The van der Waals surface area contributed by atoms with Crippen molar-refractivity contribution in [2.75, 3.05) is 20.3 Å². The highest BCUT2D eigenvalue weighted by Gasteiger charge is 2.08. The number of methoxy groups -OCH3 is 1. The fourth-order valence-corrected chi connectivity index (χ4v) is 1.40. The van der Waals surface area contributed by atoms with Crippen molar-refractivity contribution in [1.29, 1.82) is 0 Å². The van der Waals surface area contributed by atoms with E-state index < -0.39 is 0 Å². The number of benzene rings is 1. The van der Waals surface area contributed by atoms with Crippen LogP contribution in [0.15, 0.2) is 34.9 Å². The third-order valence-corrected chi connectivity index (χ3v) is 2.21. The SMILES string of the molecule is COc1cccc(-c2cc(OCCN)no2)c1.Cl. The Morgan fingerprint density at radius 1 is 1.33 bits per heavy atom. The number of hydrogen-bond donors (Lipinski definition) is 1. The predicted molar refractivity (Wildman–Crippen MR) is 70.3 cm³/mol. The molecule has 6 heteroatoms. The lowest BCUT2D eigenvalue weighted by Gasteiger charge is -2.00. The van der Waals surface area contributed by atoms with Crippen molar-refractivity contribution in [3.8, 4) is 23.0 Å². The molecule has 98 valence electrons. The summed E-state index contributed by atoms with van der Waals surface area (Å²) in [4.78, 5) is 0. The first-order valence-electron chi connectivity index (χ1n) is 5.27. The Morgan fingerprint density at radius 3 is 2.89 bits per heavy atom. The Balaban J connectivity index is 0.00000162. The fourth-order valence-electron chi connectivity index (χ4n) is 1.40. The Labute approximate surface area is 111 Å². The molecular weight excluding hydrogens is 256 g/mol. The number of nitrogens with two attached hydrogens (primary N) is 1. The molecule has 0 aliphatic heterocycles. The zero-order chi connectivity index (χ0) is 12.1. The summed E-state index contributed by atoms with van der Waals surface area (Å²) < 4.78 is 15.6. The summed E-state index contributed by atoms with van der Waals surface area (Å²) in [5.41, 5.74) is 6.22. The number of aromatic nitrogens is 1. The smallest absolute Gasteiger partial charge is 0.254 e. The Morgan fingerprint density at radius 2 is 2.17 bits per heavy atom. The molecule has 0 unspecified atom stereocenters. The summed E-state index contributed by atoms with van der Waals surface area (Å²) in [6.07, 6.45) is 0.